The van der Waals surface area contributed by atoms with Crippen LogP contribution in [0.3, 0.4) is 0 Å². The zero-order valence-corrected chi connectivity index (χ0v) is 10.1. The molecule has 1 aliphatic carbocycles. The highest BCUT2D eigenvalue weighted by atomic mass is 15.3. The lowest BCUT2D eigenvalue weighted by atomic mass is 10.1. The molecule has 0 aliphatic heterocycles. The highest BCUT2D eigenvalue weighted by Crippen LogP contribution is 2.29. The Hall–Kier alpha value is -1.34. The predicted octanol–water partition coefficient (Wildman–Crippen LogP) is 1.60. The first kappa shape index (κ1) is 11.2. The zero-order valence-electron chi connectivity index (χ0n) is 10.1. The van der Waals surface area contributed by atoms with Crippen molar-refractivity contribution in [3.63, 3.8) is 0 Å². The molecule has 1 fully saturated rings. The lowest BCUT2D eigenvalue weighted by Gasteiger charge is -2.11. The van der Waals surface area contributed by atoms with E-state index in [-0.39, 0.29) is 6.04 Å². The van der Waals surface area contributed by atoms with Gasteiger partial charge < -0.3 is 0 Å². The molecule has 4 nitrogen and oxygen atoms in total. The Morgan fingerprint density at radius 1 is 1.56 bits per heavy atom. The summed E-state index contributed by atoms with van der Waals surface area (Å²) in [7, 11) is 1.92. The van der Waals surface area contributed by atoms with Gasteiger partial charge in [-0.1, -0.05) is 0 Å². The van der Waals surface area contributed by atoms with Crippen LogP contribution in [0.5, 0.6) is 0 Å². The van der Waals surface area contributed by atoms with E-state index in [1.165, 1.54) is 12.8 Å². The van der Waals surface area contributed by atoms with Crippen molar-refractivity contribution in [2.24, 2.45) is 13.0 Å². The zero-order chi connectivity index (χ0) is 11.7. The monoisotopic (exact) mass is 218 g/mol. The summed E-state index contributed by atoms with van der Waals surface area (Å²) in [6, 6.07) is 2.12. The Labute approximate surface area is 96.3 Å². The Kier molecular flexibility index (Phi) is 2.97. The van der Waals surface area contributed by atoms with Crippen molar-refractivity contribution in [2.75, 3.05) is 6.54 Å². The van der Waals surface area contributed by atoms with E-state index in [9.17, 15) is 5.26 Å². The Bertz CT molecular complexity index is 423. The molecule has 0 radical (unpaired) electrons. The van der Waals surface area contributed by atoms with Crippen LogP contribution >= 0.6 is 0 Å². The molecule has 1 atom stereocenters. The molecule has 1 saturated carbocycles. The van der Waals surface area contributed by atoms with E-state index in [1.807, 2.05) is 25.6 Å². The van der Waals surface area contributed by atoms with Crippen LogP contribution in [0.15, 0.2) is 0 Å². The number of hydrogen-bond acceptors (Lipinski definition) is 3. The van der Waals surface area contributed by atoms with Gasteiger partial charge in [0.1, 0.15) is 6.04 Å². The Morgan fingerprint density at radius 3 is 2.69 bits per heavy atom. The molecule has 0 saturated heterocycles. The van der Waals surface area contributed by atoms with Gasteiger partial charge >= 0.3 is 0 Å². The SMILES string of the molecule is Cc1nn(C)c(C)c1C(C#N)NCC1CC1. The summed E-state index contributed by atoms with van der Waals surface area (Å²) in [5, 5.41) is 16.9. The van der Waals surface area contributed by atoms with Crippen molar-refractivity contribution >= 4 is 0 Å². The largest absolute Gasteiger partial charge is 0.298 e. The van der Waals surface area contributed by atoms with Gasteiger partial charge in [-0.25, -0.2) is 0 Å². The number of hydrogen-bond donors (Lipinski definition) is 1. The molecule has 1 aromatic rings. The third-order valence-electron chi connectivity index (χ3n) is 3.29. The third-order valence-corrected chi connectivity index (χ3v) is 3.29. The summed E-state index contributed by atoms with van der Waals surface area (Å²) in [4.78, 5) is 0. The maximum absolute atomic E-state index is 9.22. The second kappa shape index (κ2) is 4.26. The van der Waals surface area contributed by atoms with Crippen molar-refractivity contribution in [2.45, 2.75) is 32.7 Å². The van der Waals surface area contributed by atoms with Crippen molar-refractivity contribution < 1.29 is 0 Å². The minimum atomic E-state index is -0.214. The van der Waals surface area contributed by atoms with E-state index in [2.05, 4.69) is 16.5 Å². The van der Waals surface area contributed by atoms with E-state index < -0.39 is 0 Å². The van der Waals surface area contributed by atoms with Crippen LogP contribution in [-0.4, -0.2) is 16.3 Å². The minimum absolute atomic E-state index is 0.214. The average molecular weight is 218 g/mol. The van der Waals surface area contributed by atoms with Gasteiger partial charge in [0.2, 0.25) is 0 Å². The standard InChI is InChI=1S/C12H18N4/c1-8-12(9(2)16(3)15-8)11(6-13)14-7-10-4-5-10/h10-11,14H,4-5,7H2,1-3H3. The van der Waals surface area contributed by atoms with Crippen molar-refractivity contribution in [1.82, 2.24) is 15.1 Å². The fraction of sp³-hybridized carbons (Fsp3) is 0.667. The Balaban J connectivity index is 2.15. The first-order valence-electron chi connectivity index (χ1n) is 5.76. The maximum atomic E-state index is 9.22. The van der Waals surface area contributed by atoms with Gasteiger partial charge in [0.05, 0.1) is 11.8 Å². The molecule has 0 spiro atoms. The summed E-state index contributed by atoms with van der Waals surface area (Å²) >= 11 is 0. The molecule has 86 valence electrons. The summed E-state index contributed by atoms with van der Waals surface area (Å²) in [5.74, 6) is 0.785. The number of nitrogens with zero attached hydrogens (tertiary/aromatic N) is 3. The molecule has 0 aromatic carbocycles. The normalized spacial score (nSPS) is 17.1. The van der Waals surface area contributed by atoms with Crippen molar-refractivity contribution in [3.8, 4) is 6.07 Å². The molecule has 1 aliphatic rings. The van der Waals surface area contributed by atoms with E-state index >= 15 is 0 Å². The second-order valence-electron chi connectivity index (χ2n) is 4.62. The molecular weight excluding hydrogens is 200 g/mol. The molecule has 1 aromatic heterocycles. The molecule has 4 heteroatoms. The molecule has 16 heavy (non-hydrogen) atoms. The number of aromatic nitrogens is 2. The summed E-state index contributed by atoms with van der Waals surface area (Å²) < 4.78 is 1.84. The van der Waals surface area contributed by atoms with Gasteiger partial charge in [-0.15, -0.1) is 0 Å². The van der Waals surface area contributed by atoms with E-state index in [4.69, 9.17) is 0 Å². The van der Waals surface area contributed by atoms with Gasteiger partial charge in [-0.2, -0.15) is 10.4 Å². The average Bonchev–Trinajstić information content (AvgIpc) is 3.02. The van der Waals surface area contributed by atoms with Crippen LogP contribution in [0.1, 0.15) is 35.8 Å². The lowest BCUT2D eigenvalue weighted by molar-refractivity contribution is 0.588. The van der Waals surface area contributed by atoms with Gasteiger partial charge in [-0.05, 0) is 39.2 Å². The molecule has 1 unspecified atom stereocenters. The van der Waals surface area contributed by atoms with Crippen molar-refractivity contribution in [1.29, 1.82) is 5.26 Å². The van der Waals surface area contributed by atoms with Crippen LogP contribution in [0.4, 0.5) is 0 Å². The van der Waals surface area contributed by atoms with Crippen LogP contribution in [-0.2, 0) is 7.05 Å². The minimum Gasteiger partial charge on any atom is -0.298 e. The smallest absolute Gasteiger partial charge is 0.124 e. The van der Waals surface area contributed by atoms with E-state index in [0.29, 0.717) is 0 Å². The first-order valence-corrected chi connectivity index (χ1v) is 5.76. The van der Waals surface area contributed by atoms with Gasteiger partial charge in [-0.3, -0.25) is 10.00 Å². The fourth-order valence-electron chi connectivity index (χ4n) is 2.03. The Morgan fingerprint density at radius 2 is 2.25 bits per heavy atom. The highest BCUT2D eigenvalue weighted by molar-refractivity contribution is 5.32. The van der Waals surface area contributed by atoms with Gasteiger partial charge in [0, 0.05) is 18.3 Å². The fourth-order valence-corrected chi connectivity index (χ4v) is 2.03. The van der Waals surface area contributed by atoms with Gasteiger partial charge in [0.15, 0.2) is 0 Å². The topological polar surface area (TPSA) is 53.6 Å². The van der Waals surface area contributed by atoms with E-state index in [1.54, 1.807) is 0 Å². The molecule has 0 amide bonds. The molecule has 1 heterocycles. The van der Waals surface area contributed by atoms with Crippen LogP contribution < -0.4 is 5.32 Å². The quantitative estimate of drug-likeness (QED) is 0.835. The van der Waals surface area contributed by atoms with Crippen LogP contribution in [0, 0.1) is 31.1 Å². The lowest BCUT2D eigenvalue weighted by Crippen LogP contribution is -2.23. The second-order valence-corrected chi connectivity index (χ2v) is 4.62. The third kappa shape index (κ3) is 2.10. The summed E-state index contributed by atoms with van der Waals surface area (Å²) in [6.07, 6.45) is 2.60. The van der Waals surface area contributed by atoms with Crippen molar-refractivity contribution in [3.05, 3.63) is 17.0 Å². The van der Waals surface area contributed by atoms with Gasteiger partial charge in [0.25, 0.3) is 0 Å². The number of nitrogens with one attached hydrogen (secondary N) is 1. The predicted molar refractivity (Wildman–Crippen MR) is 61.8 cm³/mol. The number of rotatable bonds is 4. The van der Waals surface area contributed by atoms with E-state index in [0.717, 1.165) is 29.4 Å². The maximum Gasteiger partial charge on any atom is 0.124 e. The van der Waals surface area contributed by atoms with Crippen LogP contribution in [0.2, 0.25) is 0 Å². The molecule has 0 bridgehead atoms. The van der Waals surface area contributed by atoms with Crippen LogP contribution in [0.25, 0.3) is 0 Å². The molecule has 1 N–H and O–H groups in total. The number of nitriles is 1. The summed E-state index contributed by atoms with van der Waals surface area (Å²) in [5.41, 5.74) is 3.08. The highest BCUT2D eigenvalue weighted by Gasteiger charge is 2.25. The molecular formula is C12H18N4. The number of aryl methyl sites for hydroxylation is 2. The summed E-state index contributed by atoms with van der Waals surface area (Å²) in [6.45, 7) is 4.93. The first-order chi connectivity index (χ1) is 7.63. The molecule has 2 rings (SSSR count).